The smallest absolute Gasteiger partial charge is 0.180 e. The van der Waals surface area contributed by atoms with Crippen molar-refractivity contribution in [2.24, 2.45) is 10.8 Å². The van der Waals surface area contributed by atoms with E-state index < -0.39 is 0 Å². The highest BCUT2D eigenvalue weighted by molar-refractivity contribution is 5.69. The third-order valence-electron chi connectivity index (χ3n) is 4.47. The first kappa shape index (κ1) is 9.75. The lowest BCUT2D eigenvalue weighted by Gasteiger charge is -2.03. The maximum Gasteiger partial charge on any atom is 0.180 e. The SMILES string of the molecule is CC1(C)C(c2nc3ncncc3[nH]2)C1(C)C. The average Bonchev–Trinajstić information content (AvgIpc) is 2.55. The molecule has 0 atom stereocenters. The van der Waals surface area contributed by atoms with E-state index in [0.29, 0.717) is 16.7 Å². The van der Waals surface area contributed by atoms with Gasteiger partial charge in [0.1, 0.15) is 17.7 Å². The van der Waals surface area contributed by atoms with Gasteiger partial charge in [-0.05, 0) is 10.8 Å². The summed E-state index contributed by atoms with van der Waals surface area (Å²) in [4.78, 5) is 16.0. The maximum atomic E-state index is 4.56. The summed E-state index contributed by atoms with van der Waals surface area (Å²) in [7, 11) is 0. The molecule has 0 unspecified atom stereocenters. The van der Waals surface area contributed by atoms with Gasteiger partial charge in [0.15, 0.2) is 5.65 Å². The molecular formula is C12H16N4. The number of fused-ring (bicyclic) bond motifs is 1. The van der Waals surface area contributed by atoms with Gasteiger partial charge in [-0.2, -0.15) is 0 Å². The summed E-state index contributed by atoms with van der Waals surface area (Å²) < 4.78 is 0. The van der Waals surface area contributed by atoms with E-state index in [-0.39, 0.29) is 0 Å². The highest BCUT2D eigenvalue weighted by Gasteiger charge is 2.66. The van der Waals surface area contributed by atoms with Crippen LogP contribution in [0.3, 0.4) is 0 Å². The molecule has 0 aromatic carbocycles. The van der Waals surface area contributed by atoms with Crippen LogP contribution >= 0.6 is 0 Å². The molecule has 0 aliphatic heterocycles. The van der Waals surface area contributed by atoms with Gasteiger partial charge in [0, 0.05) is 5.92 Å². The summed E-state index contributed by atoms with van der Waals surface area (Å²) in [6, 6.07) is 0. The Hall–Kier alpha value is -1.45. The second kappa shape index (κ2) is 2.62. The van der Waals surface area contributed by atoms with Gasteiger partial charge in [0.2, 0.25) is 0 Å². The lowest BCUT2D eigenvalue weighted by molar-refractivity contribution is 0.457. The standard InChI is InChI=1S/C12H16N4/c1-11(2)8(12(11,3)4)10-15-7-5-13-6-14-9(7)16-10/h5-6,8H,1-4H3,(H,13,14,15,16). The van der Waals surface area contributed by atoms with Crippen molar-refractivity contribution in [3.05, 3.63) is 18.3 Å². The fraction of sp³-hybridized carbons (Fsp3) is 0.583. The van der Waals surface area contributed by atoms with E-state index in [1.54, 1.807) is 6.20 Å². The summed E-state index contributed by atoms with van der Waals surface area (Å²) in [6.45, 7) is 9.15. The molecule has 1 N–H and O–H groups in total. The Morgan fingerprint density at radius 1 is 1.19 bits per heavy atom. The van der Waals surface area contributed by atoms with Gasteiger partial charge in [0.25, 0.3) is 0 Å². The largest absolute Gasteiger partial charge is 0.339 e. The molecule has 16 heavy (non-hydrogen) atoms. The normalized spacial score (nSPS) is 22.5. The van der Waals surface area contributed by atoms with Crippen LogP contribution in [0.5, 0.6) is 0 Å². The van der Waals surface area contributed by atoms with Crippen LogP contribution in [0.2, 0.25) is 0 Å². The predicted molar refractivity (Wildman–Crippen MR) is 62.0 cm³/mol. The molecule has 0 saturated heterocycles. The number of nitrogens with one attached hydrogen (secondary N) is 1. The summed E-state index contributed by atoms with van der Waals surface area (Å²) in [5, 5.41) is 0. The van der Waals surface area contributed by atoms with Crippen molar-refractivity contribution >= 4 is 11.2 Å². The molecule has 1 aliphatic carbocycles. The Kier molecular flexibility index (Phi) is 1.60. The Morgan fingerprint density at radius 2 is 1.88 bits per heavy atom. The number of imidazole rings is 1. The summed E-state index contributed by atoms with van der Waals surface area (Å²) in [6.07, 6.45) is 3.32. The van der Waals surface area contributed by atoms with Crippen LogP contribution in [0.4, 0.5) is 0 Å². The minimum atomic E-state index is 0.300. The molecule has 0 spiro atoms. The zero-order valence-corrected chi connectivity index (χ0v) is 10.1. The van der Waals surface area contributed by atoms with Gasteiger partial charge in [-0.3, -0.25) is 0 Å². The zero-order chi connectivity index (χ0) is 11.6. The van der Waals surface area contributed by atoms with E-state index >= 15 is 0 Å². The molecule has 1 aliphatic rings. The first-order valence-corrected chi connectivity index (χ1v) is 5.60. The van der Waals surface area contributed by atoms with Crippen LogP contribution in [-0.2, 0) is 0 Å². The number of nitrogens with zero attached hydrogens (tertiary/aromatic N) is 3. The minimum Gasteiger partial charge on any atom is -0.339 e. The molecule has 84 valence electrons. The molecule has 4 heteroatoms. The third-order valence-corrected chi connectivity index (χ3v) is 4.47. The van der Waals surface area contributed by atoms with Crippen LogP contribution in [-0.4, -0.2) is 19.9 Å². The van der Waals surface area contributed by atoms with E-state index in [0.717, 1.165) is 17.0 Å². The van der Waals surface area contributed by atoms with E-state index in [9.17, 15) is 0 Å². The van der Waals surface area contributed by atoms with Gasteiger partial charge >= 0.3 is 0 Å². The van der Waals surface area contributed by atoms with E-state index in [1.165, 1.54) is 6.33 Å². The highest BCUT2D eigenvalue weighted by Crippen LogP contribution is 2.73. The van der Waals surface area contributed by atoms with E-state index in [4.69, 9.17) is 0 Å². The molecule has 1 fully saturated rings. The Bertz CT molecular complexity index is 506. The summed E-state index contributed by atoms with van der Waals surface area (Å²) in [5.74, 6) is 1.53. The fourth-order valence-electron chi connectivity index (χ4n) is 2.80. The molecule has 2 aromatic rings. The topological polar surface area (TPSA) is 54.5 Å². The number of rotatable bonds is 1. The van der Waals surface area contributed by atoms with Gasteiger partial charge in [-0.25, -0.2) is 15.0 Å². The van der Waals surface area contributed by atoms with Crippen molar-refractivity contribution in [2.75, 3.05) is 0 Å². The second-order valence-electron chi connectivity index (χ2n) is 5.76. The van der Waals surface area contributed by atoms with Gasteiger partial charge in [0.05, 0.1) is 6.20 Å². The number of hydrogen-bond donors (Lipinski definition) is 1. The van der Waals surface area contributed by atoms with Crippen LogP contribution < -0.4 is 0 Å². The van der Waals surface area contributed by atoms with Gasteiger partial charge in [-0.15, -0.1) is 0 Å². The first-order valence-electron chi connectivity index (χ1n) is 5.60. The Balaban J connectivity index is 2.09. The van der Waals surface area contributed by atoms with Crippen molar-refractivity contribution in [1.29, 1.82) is 0 Å². The third kappa shape index (κ3) is 1.02. The molecule has 2 heterocycles. The Morgan fingerprint density at radius 3 is 2.44 bits per heavy atom. The number of aromatic amines is 1. The fourth-order valence-corrected chi connectivity index (χ4v) is 2.80. The van der Waals surface area contributed by atoms with Crippen LogP contribution in [0.15, 0.2) is 12.5 Å². The maximum absolute atomic E-state index is 4.56. The number of hydrogen-bond acceptors (Lipinski definition) is 3. The van der Waals surface area contributed by atoms with Crippen molar-refractivity contribution in [2.45, 2.75) is 33.6 Å². The second-order valence-corrected chi connectivity index (χ2v) is 5.76. The Labute approximate surface area is 94.5 Å². The van der Waals surface area contributed by atoms with Gasteiger partial charge < -0.3 is 4.98 Å². The monoisotopic (exact) mass is 216 g/mol. The molecule has 2 aromatic heterocycles. The van der Waals surface area contributed by atoms with Crippen LogP contribution in [0.25, 0.3) is 11.2 Å². The first-order chi connectivity index (χ1) is 7.44. The minimum absolute atomic E-state index is 0.300. The van der Waals surface area contributed by atoms with Crippen LogP contribution in [0.1, 0.15) is 39.4 Å². The molecule has 0 amide bonds. The van der Waals surface area contributed by atoms with E-state index in [2.05, 4.69) is 47.6 Å². The molecule has 0 bridgehead atoms. The molecular weight excluding hydrogens is 200 g/mol. The number of H-pyrrole nitrogens is 1. The molecule has 1 saturated carbocycles. The summed E-state index contributed by atoms with van der Waals surface area (Å²) >= 11 is 0. The molecule has 3 rings (SSSR count). The van der Waals surface area contributed by atoms with Crippen molar-refractivity contribution in [3.63, 3.8) is 0 Å². The quantitative estimate of drug-likeness (QED) is 0.796. The lowest BCUT2D eigenvalue weighted by atomic mass is 10.0. The zero-order valence-electron chi connectivity index (χ0n) is 10.1. The van der Waals surface area contributed by atoms with Crippen molar-refractivity contribution in [3.8, 4) is 0 Å². The highest BCUT2D eigenvalue weighted by atomic mass is 15.0. The predicted octanol–water partition coefficient (Wildman–Crippen LogP) is 2.50. The van der Waals surface area contributed by atoms with E-state index in [1.807, 2.05) is 0 Å². The van der Waals surface area contributed by atoms with Crippen molar-refractivity contribution in [1.82, 2.24) is 19.9 Å². The average molecular weight is 216 g/mol. The molecule has 4 nitrogen and oxygen atoms in total. The van der Waals surface area contributed by atoms with Crippen molar-refractivity contribution < 1.29 is 0 Å². The van der Waals surface area contributed by atoms with Crippen LogP contribution in [0, 0.1) is 10.8 Å². The van der Waals surface area contributed by atoms with Gasteiger partial charge in [-0.1, -0.05) is 27.7 Å². The lowest BCUT2D eigenvalue weighted by Crippen LogP contribution is -1.95. The molecule has 0 radical (unpaired) electrons. The number of aromatic nitrogens is 4. The summed E-state index contributed by atoms with van der Waals surface area (Å²) in [5.41, 5.74) is 2.29.